The monoisotopic (exact) mass is 313 g/mol. The van der Waals surface area contributed by atoms with Crippen molar-refractivity contribution < 1.29 is 9.84 Å². The summed E-state index contributed by atoms with van der Waals surface area (Å²) in [6.07, 6.45) is 1.35. The number of rotatable bonds is 4. The van der Waals surface area contributed by atoms with Crippen molar-refractivity contribution >= 4 is 15.9 Å². The zero-order valence-corrected chi connectivity index (χ0v) is 12.2. The van der Waals surface area contributed by atoms with Gasteiger partial charge >= 0.3 is 0 Å². The lowest BCUT2D eigenvalue weighted by molar-refractivity contribution is 0.00642. The molecule has 0 aliphatic carbocycles. The van der Waals surface area contributed by atoms with E-state index >= 15 is 0 Å². The molecule has 0 spiro atoms. The third kappa shape index (κ3) is 4.05. The molecule has 1 fully saturated rings. The number of halogens is 1. The molecule has 1 aromatic rings. The first-order valence-electron chi connectivity index (χ1n) is 6.34. The molecule has 1 saturated heterocycles. The Labute approximate surface area is 117 Å². The average molecular weight is 314 g/mol. The number of nitrogens with one attached hydrogen (secondary N) is 1. The van der Waals surface area contributed by atoms with Gasteiger partial charge in [-0.3, -0.25) is 0 Å². The summed E-state index contributed by atoms with van der Waals surface area (Å²) in [5, 5.41) is 13.9. The summed E-state index contributed by atoms with van der Waals surface area (Å²) >= 11 is 3.52. The van der Waals surface area contributed by atoms with Crippen LogP contribution in [-0.2, 0) is 11.2 Å². The molecule has 1 heterocycles. The predicted molar refractivity (Wildman–Crippen MR) is 75.7 cm³/mol. The number of benzene rings is 1. The van der Waals surface area contributed by atoms with E-state index in [0.717, 1.165) is 23.2 Å². The van der Waals surface area contributed by atoms with Gasteiger partial charge in [0.2, 0.25) is 0 Å². The Kier molecular flexibility index (Phi) is 4.78. The van der Waals surface area contributed by atoms with Crippen LogP contribution in [0, 0.1) is 0 Å². The SMILES string of the molecule is CC(O)(Cc1ccccc1Br)CC1COCCN1. The highest BCUT2D eigenvalue weighted by atomic mass is 79.9. The Morgan fingerprint density at radius 1 is 1.50 bits per heavy atom. The lowest BCUT2D eigenvalue weighted by atomic mass is 9.90. The van der Waals surface area contributed by atoms with E-state index in [-0.39, 0.29) is 6.04 Å². The van der Waals surface area contributed by atoms with Gasteiger partial charge in [0.15, 0.2) is 0 Å². The maximum Gasteiger partial charge on any atom is 0.0676 e. The van der Waals surface area contributed by atoms with E-state index in [2.05, 4.69) is 21.2 Å². The molecule has 2 unspecified atom stereocenters. The van der Waals surface area contributed by atoms with Gasteiger partial charge in [-0.05, 0) is 25.0 Å². The number of morpholine rings is 1. The molecule has 0 radical (unpaired) electrons. The van der Waals surface area contributed by atoms with Gasteiger partial charge in [-0.2, -0.15) is 0 Å². The van der Waals surface area contributed by atoms with Gasteiger partial charge in [0.25, 0.3) is 0 Å². The lowest BCUT2D eigenvalue weighted by Gasteiger charge is -2.31. The molecule has 100 valence electrons. The second-order valence-electron chi connectivity index (χ2n) is 5.20. The van der Waals surface area contributed by atoms with Crippen molar-refractivity contribution in [1.82, 2.24) is 5.32 Å². The highest BCUT2D eigenvalue weighted by molar-refractivity contribution is 9.10. The third-order valence-electron chi connectivity index (χ3n) is 3.21. The standard InChI is InChI=1S/C14H20BrNO2/c1-14(17,9-12-10-18-7-6-16-12)8-11-4-2-3-5-13(11)15/h2-5,12,16-17H,6-10H2,1H3. The van der Waals surface area contributed by atoms with Crippen molar-refractivity contribution in [1.29, 1.82) is 0 Å². The Balaban J connectivity index is 1.96. The smallest absolute Gasteiger partial charge is 0.0676 e. The van der Waals surface area contributed by atoms with Crippen LogP contribution in [0.1, 0.15) is 18.9 Å². The summed E-state index contributed by atoms with van der Waals surface area (Å²) in [6.45, 7) is 4.22. The topological polar surface area (TPSA) is 41.5 Å². The van der Waals surface area contributed by atoms with Crippen molar-refractivity contribution in [2.24, 2.45) is 0 Å². The molecule has 0 aromatic heterocycles. The highest BCUT2D eigenvalue weighted by Gasteiger charge is 2.27. The van der Waals surface area contributed by atoms with Crippen molar-refractivity contribution in [3.8, 4) is 0 Å². The van der Waals surface area contributed by atoms with E-state index in [9.17, 15) is 5.11 Å². The lowest BCUT2D eigenvalue weighted by Crippen LogP contribution is -2.46. The van der Waals surface area contributed by atoms with Gasteiger partial charge in [-0.15, -0.1) is 0 Å². The van der Waals surface area contributed by atoms with E-state index in [1.54, 1.807) is 0 Å². The number of aliphatic hydroxyl groups is 1. The maximum absolute atomic E-state index is 10.5. The fraction of sp³-hybridized carbons (Fsp3) is 0.571. The molecule has 4 heteroatoms. The van der Waals surface area contributed by atoms with E-state index < -0.39 is 5.60 Å². The summed E-state index contributed by atoms with van der Waals surface area (Å²) in [5.41, 5.74) is 0.418. The average Bonchev–Trinajstić information content (AvgIpc) is 2.32. The van der Waals surface area contributed by atoms with Crippen molar-refractivity contribution in [3.63, 3.8) is 0 Å². The molecule has 2 rings (SSSR count). The highest BCUT2D eigenvalue weighted by Crippen LogP contribution is 2.24. The number of ether oxygens (including phenoxy) is 1. The first-order valence-corrected chi connectivity index (χ1v) is 7.13. The molecule has 1 aromatic carbocycles. The Morgan fingerprint density at radius 3 is 2.94 bits per heavy atom. The second-order valence-corrected chi connectivity index (χ2v) is 6.05. The zero-order valence-electron chi connectivity index (χ0n) is 10.7. The fourth-order valence-corrected chi connectivity index (χ4v) is 2.83. The second kappa shape index (κ2) is 6.15. The Morgan fingerprint density at radius 2 is 2.28 bits per heavy atom. The van der Waals surface area contributed by atoms with Crippen LogP contribution in [0.25, 0.3) is 0 Å². The fourth-order valence-electron chi connectivity index (χ4n) is 2.41. The third-order valence-corrected chi connectivity index (χ3v) is 3.99. The molecule has 2 atom stereocenters. The first-order chi connectivity index (χ1) is 8.57. The van der Waals surface area contributed by atoms with Crippen LogP contribution in [0.4, 0.5) is 0 Å². The molecular weight excluding hydrogens is 294 g/mol. The minimum Gasteiger partial charge on any atom is -0.390 e. The number of hydrogen-bond acceptors (Lipinski definition) is 3. The van der Waals surface area contributed by atoms with Gasteiger partial charge in [0.05, 0.1) is 18.8 Å². The van der Waals surface area contributed by atoms with Crippen LogP contribution >= 0.6 is 15.9 Å². The van der Waals surface area contributed by atoms with Crippen LogP contribution < -0.4 is 5.32 Å². The van der Waals surface area contributed by atoms with Crippen LogP contribution in [-0.4, -0.2) is 36.5 Å². The Hall–Kier alpha value is -0.420. The van der Waals surface area contributed by atoms with E-state index in [1.165, 1.54) is 0 Å². The molecule has 1 aliphatic heterocycles. The maximum atomic E-state index is 10.5. The quantitative estimate of drug-likeness (QED) is 0.894. The van der Waals surface area contributed by atoms with Crippen LogP contribution in [0.5, 0.6) is 0 Å². The normalized spacial score (nSPS) is 23.6. The summed E-state index contributed by atoms with van der Waals surface area (Å²) < 4.78 is 6.47. The predicted octanol–water partition coefficient (Wildman–Crippen LogP) is 2.12. The molecule has 0 saturated carbocycles. The van der Waals surface area contributed by atoms with Crippen LogP contribution in [0.15, 0.2) is 28.7 Å². The van der Waals surface area contributed by atoms with Crippen molar-refractivity contribution in [2.75, 3.05) is 19.8 Å². The van der Waals surface area contributed by atoms with Gasteiger partial charge in [-0.25, -0.2) is 0 Å². The minimum atomic E-state index is -0.720. The first kappa shape index (κ1) is 14.0. The molecule has 0 bridgehead atoms. The summed E-state index contributed by atoms with van der Waals surface area (Å²) in [7, 11) is 0. The van der Waals surface area contributed by atoms with Gasteiger partial charge in [0.1, 0.15) is 0 Å². The molecule has 18 heavy (non-hydrogen) atoms. The van der Waals surface area contributed by atoms with Crippen molar-refractivity contribution in [3.05, 3.63) is 34.3 Å². The molecular formula is C14H20BrNO2. The molecule has 0 amide bonds. The molecule has 2 N–H and O–H groups in total. The van der Waals surface area contributed by atoms with Gasteiger partial charge in [-0.1, -0.05) is 34.1 Å². The van der Waals surface area contributed by atoms with E-state index in [4.69, 9.17) is 4.74 Å². The summed E-state index contributed by atoms with van der Waals surface area (Å²) in [5.74, 6) is 0. The van der Waals surface area contributed by atoms with Crippen molar-refractivity contribution in [2.45, 2.75) is 31.4 Å². The zero-order chi connectivity index (χ0) is 13.0. The Bertz CT molecular complexity index is 389. The van der Waals surface area contributed by atoms with Crippen LogP contribution in [0.3, 0.4) is 0 Å². The van der Waals surface area contributed by atoms with Crippen LogP contribution in [0.2, 0.25) is 0 Å². The summed E-state index contributed by atoms with van der Waals surface area (Å²) in [4.78, 5) is 0. The summed E-state index contributed by atoms with van der Waals surface area (Å²) in [6, 6.07) is 8.28. The number of hydrogen-bond donors (Lipinski definition) is 2. The van der Waals surface area contributed by atoms with Gasteiger partial charge in [0, 0.05) is 23.5 Å². The van der Waals surface area contributed by atoms with E-state index in [1.807, 2.05) is 31.2 Å². The minimum absolute atomic E-state index is 0.247. The molecule has 1 aliphatic rings. The largest absolute Gasteiger partial charge is 0.390 e. The van der Waals surface area contributed by atoms with E-state index in [0.29, 0.717) is 19.4 Å². The van der Waals surface area contributed by atoms with Gasteiger partial charge < -0.3 is 15.2 Å². The molecule has 3 nitrogen and oxygen atoms in total.